The first-order chi connectivity index (χ1) is 10.8. The van der Waals surface area contributed by atoms with Crippen LogP contribution < -0.4 is 0 Å². The van der Waals surface area contributed by atoms with Crippen LogP contribution >= 0.6 is 0 Å². The van der Waals surface area contributed by atoms with Crippen LogP contribution in [0.15, 0.2) is 34.9 Å². The van der Waals surface area contributed by atoms with Gasteiger partial charge in [-0.3, -0.25) is 9.59 Å². The maximum atomic E-state index is 11.3. The molecule has 0 saturated carbocycles. The summed E-state index contributed by atoms with van der Waals surface area (Å²) in [6, 6.07) is 0. The predicted molar refractivity (Wildman–Crippen MR) is 91.2 cm³/mol. The van der Waals surface area contributed by atoms with Gasteiger partial charge in [0, 0.05) is 0 Å². The highest BCUT2D eigenvalue weighted by atomic mass is 16.4. The normalized spacial score (nSPS) is 21.5. The summed E-state index contributed by atoms with van der Waals surface area (Å²) >= 11 is 0. The van der Waals surface area contributed by atoms with Crippen LogP contribution in [0.1, 0.15) is 59.3 Å². The number of hydrogen-bond acceptors (Lipinski definition) is 2. The molecule has 0 aromatic carbocycles. The smallest absolute Gasteiger partial charge is 0.307 e. The third-order valence-corrected chi connectivity index (χ3v) is 4.31. The van der Waals surface area contributed by atoms with Crippen LogP contribution in [0.3, 0.4) is 0 Å². The summed E-state index contributed by atoms with van der Waals surface area (Å²) < 4.78 is 0. The molecule has 0 unspecified atom stereocenters. The fourth-order valence-corrected chi connectivity index (χ4v) is 2.90. The zero-order valence-corrected chi connectivity index (χ0v) is 14.3. The molecule has 2 N–H and O–H groups in total. The molecule has 0 saturated heterocycles. The first-order valence-corrected chi connectivity index (χ1v) is 8.23. The standard InChI is InChI=1S/C19H28O4/c1-13(2)6-4-7-14(3)8-5-9-15-10-11-16(18(20)21)17(12-15)19(22)23/h6,8,10,16-17H,4-5,7,9,11-12H2,1-3H3,(H,20,21)(H,22,23)/b14-8+/t16-,17+/m1/s1. The monoisotopic (exact) mass is 320 g/mol. The van der Waals surface area contributed by atoms with E-state index in [1.165, 1.54) is 11.1 Å². The lowest BCUT2D eigenvalue weighted by molar-refractivity contribution is -0.153. The summed E-state index contributed by atoms with van der Waals surface area (Å²) in [6.07, 6.45) is 10.8. The van der Waals surface area contributed by atoms with Crippen molar-refractivity contribution in [1.82, 2.24) is 0 Å². The third kappa shape index (κ3) is 6.85. The Balaban J connectivity index is 2.50. The Bertz CT molecular complexity index is 521. The molecule has 0 aliphatic heterocycles. The topological polar surface area (TPSA) is 74.6 Å². The quantitative estimate of drug-likeness (QED) is 0.642. The van der Waals surface area contributed by atoms with E-state index < -0.39 is 23.8 Å². The van der Waals surface area contributed by atoms with Gasteiger partial charge in [0.2, 0.25) is 0 Å². The molecule has 4 heteroatoms. The Morgan fingerprint density at radius 3 is 2.30 bits per heavy atom. The van der Waals surface area contributed by atoms with Crippen molar-refractivity contribution < 1.29 is 19.8 Å². The molecule has 128 valence electrons. The Morgan fingerprint density at radius 2 is 1.74 bits per heavy atom. The maximum Gasteiger partial charge on any atom is 0.307 e. The average molecular weight is 320 g/mol. The van der Waals surface area contributed by atoms with Gasteiger partial charge in [0.1, 0.15) is 0 Å². The van der Waals surface area contributed by atoms with Crippen molar-refractivity contribution in [3.05, 3.63) is 34.9 Å². The predicted octanol–water partition coefficient (Wildman–Crippen LogP) is 4.58. The average Bonchev–Trinajstić information content (AvgIpc) is 2.46. The van der Waals surface area contributed by atoms with Gasteiger partial charge in [-0.15, -0.1) is 0 Å². The molecule has 0 aromatic rings. The zero-order chi connectivity index (χ0) is 17.4. The molecule has 0 radical (unpaired) electrons. The first kappa shape index (κ1) is 19.2. The van der Waals surface area contributed by atoms with Gasteiger partial charge in [-0.1, -0.05) is 34.9 Å². The molecule has 0 amide bonds. The molecule has 1 aliphatic carbocycles. The van der Waals surface area contributed by atoms with Crippen molar-refractivity contribution in [2.75, 3.05) is 0 Å². The molecular formula is C19H28O4. The summed E-state index contributed by atoms with van der Waals surface area (Å²) in [5.74, 6) is -3.60. The number of carboxylic acid groups (broad SMARTS) is 2. The molecule has 0 heterocycles. The molecule has 23 heavy (non-hydrogen) atoms. The minimum atomic E-state index is -1.01. The van der Waals surface area contributed by atoms with Crippen LogP contribution in [0.5, 0.6) is 0 Å². The molecule has 1 rings (SSSR count). The zero-order valence-electron chi connectivity index (χ0n) is 14.3. The van der Waals surface area contributed by atoms with Crippen LogP contribution in [0.4, 0.5) is 0 Å². The van der Waals surface area contributed by atoms with E-state index in [0.29, 0.717) is 12.8 Å². The van der Waals surface area contributed by atoms with Crippen molar-refractivity contribution in [2.45, 2.75) is 59.3 Å². The molecule has 4 nitrogen and oxygen atoms in total. The lowest BCUT2D eigenvalue weighted by atomic mass is 9.78. The van der Waals surface area contributed by atoms with E-state index >= 15 is 0 Å². The van der Waals surface area contributed by atoms with Crippen LogP contribution in [0.2, 0.25) is 0 Å². The lowest BCUT2D eigenvalue weighted by Crippen LogP contribution is -2.32. The van der Waals surface area contributed by atoms with E-state index in [4.69, 9.17) is 5.11 Å². The minimum Gasteiger partial charge on any atom is -0.481 e. The molecule has 1 aliphatic rings. The van der Waals surface area contributed by atoms with Crippen LogP contribution in [0.25, 0.3) is 0 Å². The number of carboxylic acids is 2. The van der Waals surface area contributed by atoms with Crippen molar-refractivity contribution in [3.8, 4) is 0 Å². The molecule has 0 bridgehead atoms. The second-order valence-electron chi connectivity index (χ2n) is 6.60. The molecule has 0 aromatic heterocycles. The van der Waals surface area contributed by atoms with Crippen LogP contribution in [-0.2, 0) is 9.59 Å². The fraction of sp³-hybridized carbons (Fsp3) is 0.579. The van der Waals surface area contributed by atoms with Gasteiger partial charge in [0.15, 0.2) is 0 Å². The van der Waals surface area contributed by atoms with Gasteiger partial charge < -0.3 is 10.2 Å². The number of carbonyl (C=O) groups is 2. The Kier molecular flexibility index (Phi) is 7.79. The van der Waals surface area contributed by atoms with E-state index in [9.17, 15) is 14.7 Å². The van der Waals surface area contributed by atoms with E-state index in [-0.39, 0.29) is 0 Å². The van der Waals surface area contributed by atoms with Gasteiger partial charge in [0.25, 0.3) is 0 Å². The van der Waals surface area contributed by atoms with Gasteiger partial charge in [0.05, 0.1) is 11.8 Å². The number of allylic oxidation sites excluding steroid dienone is 6. The van der Waals surface area contributed by atoms with Gasteiger partial charge in [-0.05, 0) is 59.3 Å². The number of rotatable bonds is 8. The second-order valence-corrected chi connectivity index (χ2v) is 6.60. The largest absolute Gasteiger partial charge is 0.481 e. The summed E-state index contributed by atoms with van der Waals surface area (Å²) in [5, 5.41) is 18.3. The van der Waals surface area contributed by atoms with E-state index in [1.807, 2.05) is 6.08 Å². The van der Waals surface area contributed by atoms with Crippen molar-refractivity contribution in [3.63, 3.8) is 0 Å². The molecular weight excluding hydrogens is 292 g/mol. The third-order valence-electron chi connectivity index (χ3n) is 4.31. The van der Waals surface area contributed by atoms with Crippen molar-refractivity contribution >= 4 is 11.9 Å². The Labute approximate surface area is 138 Å². The molecule has 0 fully saturated rings. The maximum absolute atomic E-state index is 11.3. The fourth-order valence-electron chi connectivity index (χ4n) is 2.90. The Hall–Kier alpha value is -1.84. The lowest BCUT2D eigenvalue weighted by Gasteiger charge is -2.25. The van der Waals surface area contributed by atoms with Crippen LogP contribution in [0, 0.1) is 11.8 Å². The number of hydrogen-bond donors (Lipinski definition) is 2. The van der Waals surface area contributed by atoms with E-state index in [2.05, 4.69) is 32.9 Å². The highest BCUT2D eigenvalue weighted by molar-refractivity contribution is 5.80. The Morgan fingerprint density at radius 1 is 1.09 bits per heavy atom. The van der Waals surface area contributed by atoms with Gasteiger partial charge in [-0.25, -0.2) is 0 Å². The van der Waals surface area contributed by atoms with Gasteiger partial charge in [-0.2, -0.15) is 0 Å². The summed E-state index contributed by atoms with van der Waals surface area (Å²) in [7, 11) is 0. The van der Waals surface area contributed by atoms with Crippen molar-refractivity contribution in [1.29, 1.82) is 0 Å². The second kappa shape index (κ2) is 9.33. The summed E-state index contributed by atoms with van der Waals surface area (Å²) in [5.41, 5.74) is 3.75. The summed E-state index contributed by atoms with van der Waals surface area (Å²) in [4.78, 5) is 22.4. The minimum absolute atomic E-state index is 0.324. The van der Waals surface area contributed by atoms with Crippen LogP contribution in [-0.4, -0.2) is 22.2 Å². The molecule has 0 spiro atoms. The SMILES string of the molecule is CC(C)=CCC/C(C)=C/CCC1=CC[C@@H](C(=O)O)[C@@H](C(=O)O)C1. The first-order valence-electron chi connectivity index (χ1n) is 8.23. The van der Waals surface area contributed by atoms with E-state index in [1.54, 1.807) is 0 Å². The summed E-state index contributed by atoms with van der Waals surface area (Å²) in [6.45, 7) is 6.31. The highest BCUT2D eigenvalue weighted by Gasteiger charge is 2.35. The number of aliphatic carboxylic acids is 2. The van der Waals surface area contributed by atoms with Gasteiger partial charge >= 0.3 is 11.9 Å². The van der Waals surface area contributed by atoms with E-state index in [0.717, 1.165) is 31.3 Å². The highest BCUT2D eigenvalue weighted by Crippen LogP contribution is 2.32. The van der Waals surface area contributed by atoms with Crippen molar-refractivity contribution in [2.24, 2.45) is 11.8 Å². The molecule has 2 atom stereocenters.